The third-order valence-corrected chi connectivity index (χ3v) is 2.16. The van der Waals surface area contributed by atoms with Crippen LogP contribution in [-0.4, -0.2) is 12.3 Å². The number of carbonyl (C=O) groups is 1. The molecule has 0 saturated heterocycles. The molecule has 1 heterocycles. The Balaban J connectivity index is 3.10. The van der Waals surface area contributed by atoms with Gasteiger partial charge in [-0.15, -0.1) is 0 Å². The predicted octanol–water partition coefficient (Wildman–Crippen LogP) is 2.68. The van der Waals surface area contributed by atoms with Crippen molar-refractivity contribution in [2.45, 2.75) is 20.3 Å². The molecular weight excluding hydrogens is 242 g/mol. The molecule has 1 N–H and O–H groups in total. The van der Waals surface area contributed by atoms with Crippen LogP contribution in [0.25, 0.3) is 0 Å². The monoisotopic (exact) mass is 255 g/mol. The van der Waals surface area contributed by atoms with Gasteiger partial charge in [-0.1, -0.05) is 22.0 Å². The lowest BCUT2D eigenvalue weighted by atomic mass is 10.0. The van der Waals surface area contributed by atoms with Crippen molar-refractivity contribution in [3.8, 4) is 0 Å². The molecule has 0 aromatic rings. The van der Waals surface area contributed by atoms with E-state index < -0.39 is 0 Å². The Morgan fingerprint density at radius 3 is 2.86 bits per heavy atom. The highest BCUT2D eigenvalue weighted by atomic mass is 79.9. The lowest BCUT2D eigenvalue weighted by molar-refractivity contribution is -0.115. The predicted molar refractivity (Wildman–Crippen MR) is 62.2 cm³/mol. The number of hydrogen-bond donors (Lipinski definition) is 1. The number of rotatable bonds is 2. The number of hydrogen-bond acceptors (Lipinski definition) is 2. The van der Waals surface area contributed by atoms with Gasteiger partial charge in [-0.05, 0) is 30.5 Å². The van der Waals surface area contributed by atoms with E-state index in [1.54, 1.807) is 0 Å². The van der Waals surface area contributed by atoms with E-state index >= 15 is 0 Å². The van der Waals surface area contributed by atoms with Crippen LogP contribution in [0.15, 0.2) is 34.0 Å². The van der Waals surface area contributed by atoms with Crippen LogP contribution in [0.4, 0.5) is 0 Å². The van der Waals surface area contributed by atoms with Gasteiger partial charge in [-0.3, -0.25) is 4.79 Å². The van der Waals surface area contributed by atoms with E-state index in [4.69, 9.17) is 0 Å². The molecule has 0 bridgehead atoms. The van der Waals surface area contributed by atoms with Crippen LogP contribution in [0.3, 0.4) is 0 Å². The summed E-state index contributed by atoms with van der Waals surface area (Å²) in [5.41, 5.74) is 1.69. The van der Waals surface area contributed by atoms with E-state index in [-0.39, 0.29) is 5.78 Å². The Labute approximate surface area is 92.9 Å². The fourth-order valence-electron chi connectivity index (χ4n) is 1.36. The summed E-state index contributed by atoms with van der Waals surface area (Å²) in [6.45, 7) is 4.59. The highest BCUT2D eigenvalue weighted by molar-refractivity contribution is 9.11. The summed E-state index contributed by atoms with van der Waals surface area (Å²) >= 11 is 3.34. The van der Waals surface area contributed by atoms with Crippen molar-refractivity contribution < 1.29 is 4.79 Å². The van der Waals surface area contributed by atoms with Crippen LogP contribution in [0.1, 0.15) is 20.3 Å². The maximum Gasteiger partial charge on any atom is 0.166 e. The number of allylic oxidation sites excluding steroid dienone is 5. The number of nitrogens with one attached hydrogen (secondary N) is 1. The normalized spacial score (nSPS) is 19.1. The molecule has 0 spiro atoms. The van der Waals surface area contributed by atoms with E-state index in [1.165, 1.54) is 0 Å². The lowest BCUT2D eigenvalue weighted by Gasteiger charge is -2.17. The zero-order valence-electron chi connectivity index (χ0n) is 8.43. The highest BCUT2D eigenvalue weighted by Crippen LogP contribution is 2.17. The van der Waals surface area contributed by atoms with E-state index in [0.29, 0.717) is 6.42 Å². The zero-order chi connectivity index (χ0) is 10.6. The van der Waals surface area contributed by atoms with Gasteiger partial charge in [0, 0.05) is 24.2 Å². The third kappa shape index (κ3) is 2.84. The first-order chi connectivity index (χ1) is 6.65. The topological polar surface area (TPSA) is 29.1 Å². The molecule has 0 aromatic heterocycles. The standard InChI is InChI=1S/C11H14BrNO/c1-3-4-10-9(7-8(2)12)11(14)5-6-13-10/h3-4,7,13H,5-6H2,1-2H3/b4-3-,8-7+. The fourth-order valence-corrected chi connectivity index (χ4v) is 1.59. The highest BCUT2D eigenvalue weighted by Gasteiger charge is 2.16. The first-order valence-corrected chi connectivity index (χ1v) is 5.42. The van der Waals surface area contributed by atoms with Gasteiger partial charge in [-0.2, -0.15) is 0 Å². The quantitative estimate of drug-likeness (QED) is 0.823. The maximum atomic E-state index is 11.6. The Bertz CT molecular complexity index is 322. The molecule has 14 heavy (non-hydrogen) atoms. The van der Waals surface area contributed by atoms with Crippen molar-refractivity contribution in [1.82, 2.24) is 5.32 Å². The third-order valence-electron chi connectivity index (χ3n) is 1.93. The first-order valence-electron chi connectivity index (χ1n) is 4.63. The molecule has 0 atom stereocenters. The van der Waals surface area contributed by atoms with Crippen molar-refractivity contribution >= 4 is 21.7 Å². The van der Waals surface area contributed by atoms with Crippen molar-refractivity contribution in [3.05, 3.63) is 34.0 Å². The van der Waals surface area contributed by atoms with E-state index in [1.807, 2.05) is 32.1 Å². The minimum atomic E-state index is 0.204. The average Bonchev–Trinajstić information content (AvgIpc) is 2.11. The SMILES string of the molecule is C/C=C\C1=C(/C=C(\C)Br)C(=O)CCN1. The van der Waals surface area contributed by atoms with E-state index in [2.05, 4.69) is 21.2 Å². The molecular formula is C11H14BrNO. The smallest absolute Gasteiger partial charge is 0.166 e. The van der Waals surface area contributed by atoms with Crippen molar-refractivity contribution in [1.29, 1.82) is 0 Å². The van der Waals surface area contributed by atoms with Gasteiger partial charge in [0.1, 0.15) is 0 Å². The van der Waals surface area contributed by atoms with Gasteiger partial charge in [0.15, 0.2) is 5.78 Å². The number of halogens is 1. The second-order valence-electron chi connectivity index (χ2n) is 3.16. The largest absolute Gasteiger partial charge is 0.384 e. The molecule has 0 unspecified atom stereocenters. The molecule has 3 heteroatoms. The van der Waals surface area contributed by atoms with Gasteiger partial charge < -0.3 is 5.32 Å². The van der Waals surface area contributed by atoms with Gasteiger partial charge in [-0.25, -0.2) is 0 Å². The van der Waals surface area contributed by atoms with Crippen LogP contribution in [0.5, 0.6) is 0 Å². The molecule has 1 aliphatic heterocycles. The maximum absolute atomic E-state index is 11.6. The zero-order valence-corrected chi connectivity index (χ0v) is 10.0. The molecule has 0 amide bonds. The molecule has 76 valence electrons. The minimum Gasteiger partial charge on any atom is -0.384 e. The van der Waals surface area contributed by atoms with Crippen LogP contribution >= 0.6 is 15.9 Å². The first kappa shape index (κ1) is 11.2. The summed E-state index contributed by atoms with van der Waals surface area (Å²) in [7, 11) is 0. The minimum absolute atomic E-state index is 0.204. The Morgan fingerprint density at radius 2 is 2.29 bits per heavy atom. The van der Waals surface area contributed by atoms with Crippen LogP contribution in [-0.2, 0) is 4.79 Å². The van der Waals surface area contributed by atoms with Crippen molar-refractivity contribution in [2.75, 3.05) is 6.54 Å². The summed E-state index contributed by atoms with van der Waals surface area (Å²) < 4.78 is 0.964. The number of ketones is 1. The van der Waals surface area contributed by atoms with Crippen molar-refractivity contribution in [2.24, 2.45) is 0 Å². The molecule has 0 aliphatic carbocycles. The van der Waals surface area contributed by atoms with Gasteiger partial charge in [0.2, 0.25) is 0 Å². The van der Waals surface area contributed by atoms with Gasteiger partial charge in [0.25, 0.3) is 0 Å². The summed E-state index contributed by atoms with van der Waals surface area (Å²) in [6.07, 6.45) is 6.30. The summed E-state index contributed by atoms with van der Waals surface area (Å²) in [5, 5.41) is 3.21. The second kappa shape index (κ2) is 5.15. The molecule has 2 nitrogen and oxygen atoms in total. The molecule has 1 aliphatic rings. The summed E-state index contributed by atoms with van der Waals surface area (Å²) in [5.74, 6) is 0.204. The fraction of sp³-hybridized carbons (Fsp3) is 0.364. The average molecular weight is 256 g/mol. The van der Waals surface area contributed by atoms with Gasteiger partial charge in [0.05, 0.1) is 0 Å². The van der Waals surface area contributed by atoms with Crippen LogP contribution < -0.4 is 5.32 Å². The van der Waals surface area contributed by atoms with E-state index in [9.17, 15) is 4.79 Å². The molecule has 1 rings (SSSR count). The molecule has 0 radical (unpaired) electrons. The number of Topliss-reactive ketones (excluding diaryl/α,β-unsaturated/α-hetero) is 1. The molecule has 0 saturated carbocycles. The lowest BCUT2D eigenvalue weighted by Crippen LogP contribution is -2.26. The molecule has 0 aromatic carbocycles. The second-order valence-corrected chi connectivity index (χ2v) is 4.41. The Morgan fingerprint density at radius 1 is 1.57 bits per heavy atom. The molecule has 0 fully saturated rings. The van der Waals surface area contributed by atoms with E-state index in [0.717, 1.165) is 22.3 Å². The van der Waals surface area contributed by atoms with Crippen LogP contribution in [0, 0.1) is 0 Å². The summed E-state index contributed by atoms with van der Waals surface area (Å²) in [4.78, 5) is 11.6. The van der Waals surface area contributed by atoms with Crippen LogP contribution in [0.2, 0.25) is 0 Å². The van der Waals surface area contributed by atoms with Crippen molar-refractivity contribution in [3.63, 3.8) is 0 Å². The van der Waals surface area contributed by atoms with Gasteiger partial charge >= 0.3 is 0 Å². The Kier molecular flexibility index (Phi) is 4.14. The Hall–Kier alpha value is -0.830. The summed E-state index contributed by atoms with van der Waals surface area (Å²) in [6, 6.07) is 0. The number of carbonyl (C=O) groups excluding carboxylic acids is 1.